The van der Waals surface area contributed by atoms with Gasteiger partial charge < -0.3 is 15.4 Å². The number of methoxy groups -OCH3 is 1. The van der Waals surface area contributed by atoms with Crippen LogP contribution in [0.25, 0.3) is 0 Å². The zero-order valence-electron chi connectivity index (χ0n) is 15.5. The number of ether oxygens (including phenoxy) is 1. The van der Waals surface area contributed by atoms with Crippen LogP contribution in [-0.4, -0.2) is 25.3 Å². The molecule has 0 fully saturated rings. The first-order chi connectivity index (χ1) is 11.6. The quantitative estimate of drug-likeness (QED) is 0.712. The number of aliphatic imine (C=N–C) groups is 1. The Labute approximate surface area is 145 Å². The predicted molar refractivity (Wildman–Crippen MR) is 102 cm³/mol. The van der Waals surface area contributed by atoms with E-state index in [1.807, 2.05) is 18.2 Å². The normalized spacial score (nSPS) is 20.0. The Morgan fingerprint density at radius 2 is 2.04 bits per heavy atom. The second kappa shape index (κ2) is 8.20. The first kappa shape index (κ1) is 18.3. The largest absolute Gasteiger partial charge is 0.497 e. The molecule has 1 unspecified atom stereocenters. The average Bonchev–Trinajstić information content (AvgIpc) is 2.57. The summed E-state index contributed by atoms with van der Waals surface area (Å²) in [5.74, 6) is 1.61. The lowest BCUT2D eigenvalue weighted by Gasteiger charge is -2.33. The zero-order valence-corrected chi connectivity index (χ0v) is 15.5. The second-order valence-electron chi connectivity index (χ2n) is 6.12. The minimum atomic E-state index is -0.348. The third kappa shape index (κ3) is 4.29. The van der Waals surface area contributed by atoms with Crippen molar-refractivity contribution < 1.29 is 4.74 Å². The van der Waals surface area contributed by atoms with E-state index in [0.29, 0.717) is 0 Å². The number of hydrogen-bond donors (Lipinski definition) is 3. The molecule has 0 bridgehead atoms. The van der Waals surface area contributed by atoms with Gasteiger partial charge in [-0.05, 0) is 44.0 Å². The van der Waals surface area contributed by atoms with Crippen molar-refractivity contribution in [3.8, 4) is 5.75 Å². The van der Waals surface area contributed by atoms with Gasteiger partial charge in [0.15, 0.2) is 0 Å². The molecule has 0 aromatic heterocycles. The topological polar surface area (TPSA) is 57.7 Å². The minimum Gasteiger partial charge on any atom is -0.497 e. The van der Waals surface area contributed by atoms with E-state index in [4.69, 9.17) is 9.73 Å². The van der Waals surface area contributed by atoms with E-state index in [2.05, 4.69) is 49.7 Å². The maximum atomic E-state index is 5.34. The van der Waals surface area contributed by atoms with Gasteiger partial charge in [-0.15, -0.1) is 0 Å². The van der Waals surface area contributed by atoms with Gasteiger partial charge in [-0.25, -0.2) is 4.99 Å². The van der Waals surface area contributed by atoms with E-state index in [1.165, 1.54) is 5.70 Å². The highest BCUT2D eigenvalue weighted by molar-refractivity contribution is 5.96. The lowest BCUT2D eigenvalue weighted by molar-refractivity contribution is 0.405. The van der Waals surface area contributed by atoms with Crippen molar-refractivity contribution in [2.45, 2.75) is 52.6 Å². The van der Waals surface area contributed by atoms with Crippen LogP contribution < -0.4 is 20.7 Å². The monoisotopic (exact) mass is 330 g/mol. The molecular weight excluding hydrogens is 300 g/mol. The van der Waals surface area contributed by atoms with Gasteiger partial charge in [0.1, 0.15) is 11.4 Å². The summed E-state index contributed by atoms with van der Waals surface area (Å²) in [4.78, 5) is 4.91. The lowest BCUT2D eigenvalue weighted by atomic mass is 10.0. The van der Waals surface area contributed by atoms with Crippen LogP contribution in [0.3, 0.4) is 0 Å². The van der Waals surface area contributed by atoms with Crippen molar-refractivity contribution >= 4 is 11.6 Å². The molecule has 132 valence electrons. The molecule has 24 heavy (non-hydrogen) atoms. The molecule has 0 radical (unpaired) electrons. The molecule has 0 saturated heterocycles. The molecule has 0 saturated carbocycles. The van der Waals surface area contributed by atoms with Gasteiger partial charge in [-0.3, -0.25) is 5.32 Å². The number of hydrogen-bond acceptors (Lipinski definition) is 5. The average molecular weight is 330 g/mol. The molecule has 1 aliphatic heterocycles. The molecule has 5 nitrogen and oxygen atoms in total. The van der Waals surface area contributed by atoms with Crippen LogP contribution in [0.2, 0.25) is 0 Å². The maximum absolute atomic E-state index is 5.34. The fourth-order valence-electron chi connectivity index (χ4n) is 2.89. The summed E-state index contributed by atoms with van der Waals surface area (Å²) < 4.78 is 5.34. The molecule has 1 aromatic carbocycles. The van der Waals surface area contributed by atoms with Crippen molar-refractivity contribution in [1.82, 2.24) is 10.6 Å². The maximum Gasteiger partial charge on any atom is 0.202 e. The Kier molecular flexibility index (Phi) is 6.26. The highest BCUT2D eigenvalue weighted by Gasteiger charge is 2.28. The number of nitrogens with zero attached hydrogens (tertiary/aromatic N) is 1. The van der Waals surface area contributed by atoms with Crippen molar-refractivity contribution in [3.63, 3.8) is 0 Å². The van der Waals surface area contributed by atoms with Crippen LogP contribution in [0.5, 0.6) is 5.75 Å². The molecule has 2 rings (SSSR count). The number of anilines is 1. The summed E-state index contributed by atoms with van der Waals surface area (Å²) in [6.07, 6.45) is 5.22. The highest BCUT2D eigenvalue weighted by Crippen LogP contribution is 2.25. The molecule has 0 amide bonds. The molecule has 3 N–H and O–H groups in total. The fraction of sp³-hybridized carbons (Fsp3) is 0.526. The number of benzene rings is 1. The number of guanidine groups is 1. The Morgan fingerprint density at radius 3 is 2.67 bits per heavy atom. The SMILES string of the molecule is CCCC1=CC(CC)(NCC)N=C(Nc2cc(OC)ccc2C)N1. The van der Waals surface area contributed by atoms with E-state index >= 15 is 0 Å². The Balaban J connectivity index is 2.31. The summed E-state index contributed by atoms with van der Waals surface area (Å²) in [7, 11) is 1.68. The molecule has 0 spiro atoms. The van der Waals surface area contributed by atoms with Gasteiger partial charge in [-0.1, -0.05) is 33.3 Å². The van der Waals surface area contributed by atoms with E-state index < -0.39 is 0 Å². The van der Waals surface area contributed by atoms with Crippen LogP contribution in [0.15, 0.2) is 35.0 Å². The zero-order chi connectivity index (χ0) is 17.6. The van der Waals surface area contributed by atoms with Crippen LogP contribution in [0, 0.1) is 6.92 Å². The predicted octanol–water partition coefficient (Wildman–Crippen LogP) is 3.77. The molecule has 1 atom stereocenters. The standard InChI is InChI=1S/C19H30N4O/c1-6-9-15-13-19(7-2,20-8-3)23-18(21-15)22-17-12-16(24-5)11-10-14(17)4/h10-13,20H,6-9H2,1-5H3,(H2,21,22,23). The first-order valence-electron chi connectivity index (χ1n) is 8.81. The number of aryl methyl sites for hydroxylation is 1. The second-order valence-corrected chi connectivity index (χ2v) is 6.12. The van der Waals surface area contributed by atoms with Gasteiger partial charge in [0.05, 0.1) is 7.11 Å². The van der Waals surface area contributed by atoms with Gasteiger partial charge >= 0.3 is 0 Å². The third-order valence-electron chi connectivity index (χ3n) is 4.24. The van der Waals surface area contributed by atoms with Gasteiger partial charge in [-0.2, -0.15) is 0 Å². The first-order valence-corrected chi connectivity index (χ1v) is 8.81. The van der Waals surface area contributed by atoms with Crippen molar-refractivity contribution in [2.24, 2.45) is 4.99 Å². The van der Waals surface area contributed by atoms with E-state index in [9.17, 15) is 0 Å². The molecule has 5 heteroatoms. The van der Waals surface area contributed by atoms with Crippen LogP contribution in [0.4, 0.5) is 5.69 Å². The summed E-state index contributed by atoms with van der Waals surface area (Å²) in [6, 6.07) is 6.01. The van der Waals surface area contributed by atoms with Crippen molar-refractivity contribution in [1.29, 1.82) is 0 Å². The molecule has 1 heterocycles. The smallest absolute Gasteiger partial charge is 0.202 e. The Bertz CT molecular complexity index is 624. The molecule has 1 aromatic rings. The number of rotatable bonds is 7. The summed E-state index contributed by atoms with van der Waals surface area (Å²) in [6.45, 7) is 9.41. The van der Waals surface area contributed by atoms with Gasteiger partial charge in [0, 0.05) is 17.5 Å². The van der Waals surface area contributed by atoms with E-state index in [0.717, 1.165) is 48.8 Å². The third-order valence-corrected chi connectivity index (χ3v) is 4.24. The summed E-state index contributed by atoms with van der Waals surface area (Å²) in [5, 5.41) is 10.4. The van der Waals surface area contributed by atoms with Crippen LogP contribution in [-0.2, 0) is 0 Å². The summed E-state index contributed by atoms with van der Waals surface area (Å²) in [5.41, 5.74) is 3.01. The minimum absolute atomic E-state index is 0.348. The number of likely N-dealkylation sites (N-methyl/N-ethyl adjacent to an activating group) is 1. The Morgan fingerprint density at radius 1 is 1.25 bits per heavy atom. The molecular formula is C19H30N4O. The Hall–Kier alpha value is -2.01. The fourth-order valence-corrected chi connectivity index (χ4v) is 2.89. The van der Waals surface area contributed by atoms with Crippen LogP contribution >= 0.6 is 0 Å². The van der Waals surface area contributed by atoms with Gasteiger partial charge in [0.25, 0.3) is 0 Å². The van der Waals surface area contributed by atoms with Gasteiger partial charge in [0.2, 0.25) is 5.96 Å². The number of allylic oxidation sites excluding steroid dienone is 1. The lowest BCUT2D eigenvalue weighted by Crippen LogP contribution is -2.48. The summed E-state index contributed by atoms with van der Waals surface area (Å²) >= 11 is 0. The molecule has 1 aliphatic rings. The highest BCUT2D eigenvalue weighted by atomic mass is 16.5. The van der Waals surface area contributed by atoms with E-state index in [1.54, 1.807) is 7.11 Å². The molecule has 0 aliphatic carbocycles. The number of nitrogens with one attached hydrogen (secondary N) is 3. The van der Waals surface area contributed by atoms with Crippen molar-refractivity contribution in [3.05, 3.63) is 35.5 Å². The van der Waals surface area contributed by atoms with E-state index in [-0.39, 0.29) is 5.66 Å². The van der Waals surface area contributed by atoms with Crippen molar-refractivity contribution in [2.75, 3.05) is 19.0 Å². The van der Waals surface area contributed by atoms with Crippen LogP contribution in [0.1, 0.15) is 45.6 Å².